The Morgan fingerprint density at radius 3 is 1.10 bits per heavy atom. The van der Waals surface area contributed by atoms with Crippen molar-refractivity contribution in [1.29, 1.82) is 0 Å². The second kappa shape index (κ2) is 59.6. The summed E-state index contributed by atoms with van der Waals surface area (Å²) in [5.41, 5.74) is 2.55. The summed E-state index contributed by atoms with van der Waals surface area (Å²) in [6.07, 6.45) is 13.5. The largest absolute Gasteiger partial charge is 1.00 e. The Morgan fingerprint density at radius 2 is 0.716 bits per heavy atom. The van der Waals surface area contributed by atoms with Crippen LogP contribution in [0.15, 0.2) is 206 Å². The average Bonchev–Trinajstić information content (AvgIpc) is 1.71. The van der Waals surface area contributed by atoms with Crippen molar-refractivity contribution in [2.24, 2.45) is 0 Å². The van der Waals surface area contributed by atoms with E-state index < -0.39 is 106 Å². The number of rotatable bonds is 17. The zero-order valence-electron chi connectivity index (χ0n) is 76.2. The van der Waals surface area contributed by atoms with Crippen LogP contribution in [-0.2, 0) is 50.9 Å². The number of hydrogen-bond donors (Lipinski definition) is 0. The first-order valence-electron chi connectivity index (χ1n) is 43.6. The summed E-state index contributed by atoms with van der Waals surface area (Å²) in [6, 6.07) is 56.6. The fourth-order valence-corrected chi connectivity index (χ4v) is 19.0. The summed E-state index contributed by atoms with van der Waals surface area (Å²) in [5.74, 6) is -14.7. The maximum absolute atomic E-state index is 15.0. The monoisotopic (exact) mass is 1940 g/mol. The molecular weight excluding hydrogens is 1820 g/mol. The quantitative estimate of drug-likeness (QED) is 0.0510. The molecule has 16 rings (SSSR count). The Hall–Kier alpha value is -8.49. The number of benzene rings is 11. The molecule has 3 aliphatic heterocycles. The molecule has 0 bridgehead atoms. The van der Waals surface area contributed by atoms with Crippen LogP contribution in [0.25, 0.3) is 5.57 Å². The number of carbonyl (C=O) groups is 1. The fraction of sp³-hybridized carbons (Fsp3) is 0.361. The Balaban J connectivity index is 0.000000342. The van der Waals surface area contributed by atoms with Crippen LogP contribution in [0.4, 0.5) is 70.2 Å². The van der Waals surface area contributed by atoms with Gasteiger partial charge in [-0.3, -0.25) is 4.79 Å². The minimum Gasteiger partial charge on any atom is -1.00 e. The van der Waals surface area contributed by atoms with Gasteiger partial charge in [0.2, 0.25) is 11.6 Å². The van der Waals surface area contributed by atoms with Gasteiger partial charge < -0.3 is 41.2 Å². The van der Waals surface area contributed by atoms with Gasteiger partial charge in [-0.25, -0.2) is 61.5 Å². The van der Waals surface area contributed by atoms with Crippen molar-refractivity contribution in [2.75, 3.05) is 53.4 Å². The smallest absolute Gasteiger partial charge is 1.00 e. The first-order chi connectivity index (χ1) is 62.2. The summed E-state index contributed by atoms with van der Waals surface area (Å²) >= 11 is 0. The van der Waals surface area contributed by atoms with Gasteiger partial charge in [-0.1, -0.05) is 181 Å². The summed E-state index contributed by atoms with van der Waals surface area (Å²) in [4.78, 5) is 11.1. The van der Waals surface area contributed by atoms with Gasteiger partial charge in [-0.05, 0) is 265 Å². The van der Waals surface area contributed by atoms with Crippen LogP contribution in [0.1, 0.15) is 205 Å². The van der Waals surface area contributed by atoms with E-state index in [1.165, 1.54) is 132 Å². The van der Waals surface area contributed by atoms with E-state index in [1.807, 2.05) is 54.6 Å². The standard InChI is InChI=1S/C29H26F6O.C26H22F2P.C15H12F4.C13H14F2O.C7H6F2O.3C4H8O.C4H9O.2CH4.ClH.K/c1-3-36-23-15-14-22(28(34)29(23)35)18-8-6-17(7-9-18)21-13-12-20(26(32)27(21)33)11-10-19-5-4-16(2)24(30)25(19)31;1-20-17-18-21(26(28)25(20)27)19-29(22-11-5-2-6-12-22,23-13-7-3-8-14-23)24-15-9-4-10-16-24;1-9-5-6-11(15(19)13(9)17)8-7-10-3-2-4-12(16)14(10)18;1-8-2-7-11(13(15)12(8)14)9-3-5-10(16)6-4-9;1-10-6-4-2-3-5(8)7(6)9;3*1-2-4-5-3-1;1-4(2,3)5;;;;/h4-6,12-15,18H,3,7-11H2,1-2H3;2-18H,19H2,1H3;2-6H,7-8H2,1H3;2,7,9H,3-6H2,1H3;2-4H,1H3;3*1-4H2;1-3H3;2*1H4;1H;/q;+1;;;;;;;-1;;;;+1/p-1. The van der Waals surface area contributed by atoms with Gasteiger partial charge in [-0.2, -0.15) is 8.78 Å². The number of Topliss-reactive ketones (excluding diaryl/α,β-unsaturated/α-hetero) is 1. The van der Waals surface area contributed by atoms with E-state index in [-0.39, 0.29) is 185 Å². The molecule has 3 saturated heterocycles. The van der Waals surface area contributed by atoms with E-state index in [9.17, 15) is 80.1 Å². The van der Waals surface area contributed by atoms with Crippen LogP contribution in [-0.4, -0.2) is 64.7 Å². The third-order valence-electron chi connectivity index (χ3n) is 22.1. The SMILES string of the molecule is C.C.C1CCOC1.C1CCOC1.C1CCOC1.CC(C)(C)[O-].CCOc1ccc(C2CC=C(c3ccc(CCc4ccc(C)c(F)c4F)c(F)c3F)CC2)c(F)c1F.COc1cccc(F)c1F.Cc1ccc(C2CCC(=O)CC2)c(F)c1F.Cc1ccc(CCc2cccc(F)c2F)c(F)c1F.Cc1ccc(C[P+](c2ccccc2)(c2ccccc2)c2ccccc2)c(F)c1F.[Cl-].[K+]. The predicted octanol–water partition coefficient (Wildman–Crippen LogP) is 21.8. The van der Waals surface area contributed by atoms with Gasteiger partial charge >= 0.3 is 51.4 Å². The summed E-state index contributed by atoms with van der Waals surface area (Å²) < 4.78 is 246. The van der Waals surface area contributed by atoms with Crippen LogP contribution >= 0.6 is 7.26 Å². The second-order valence-corrected chi connectivity index (χ2v) is 36.2. The molecule has 134 heavy (non-hydrogen) atoms. The Kier molecular flexibility index (Phi) is 52.4. The van der Waals surface area contributed by atoms with Crippen LogP contribution < -0.4 is 94.3 Å². The predicted molar refractivity (Wildman–Crippen MR) is 495 cm³/mol. The Bertz CT molecular complexity index is 5310. The molecule has 0 aromatic heterocycles. The number of hydrogen-bond acceptors (Lipinski definition) is 7. The van der Waals surface area contributed by atoms with Gasteiger partial charge in [-0.15, -0.1) is 5.60 Å². The van der Waals surface area contributed by atoms with Crippen LogP contribution in [0.5, 0.6) is 11.5 Å². The number of allylic oxidation sites excluding steroid dienone is 2. The van der Waals surface area contributed by atoms with Crippen molar-refractivity contribution >= 4 is 34.5 Å². The third kappa shape index (κ3) is 34.9. The van der Waals surface area contributed by atoms with Gasteiger partial charge in [0.1, 0.15) is 35.1 Å². The van der Waals surface area contributed by atoms with Crippen molar-refractivity contribution in [2.45, 2.75) is 203 Å². The molecule has 11 aromatic carbocycles. The number of ether oxygens (including phenoxy) is 5. The van der Waals surface area contributed by atoms with Crippen molar-refractivity contribution in [1.82, 2.24) is 0 Å². The molecule has 1 atom stereocenters. The molecule has 0 amide bonds. The molecule has 1 saturated carbocycles. The molecule has 0 radical (unpaired) electrons. The molecule has 5 aliphatic rings. The summed E-state index contributed by atoms with van der Waals surface area (Å²) in [5, 5.41) is 13.6. The molecule has 0 spiro atoms. The molecule has 720 valence electrons. The van der Waals surface area contributed by atoms with E-state index in [4.69, 9.17) is 18.9 Å². The molecule has 2 aliphatic carbocycles. The molecule has 4 fully saturated rings. The Labute approximate surface area is 829 Å². The first-order valence-corrected chi connectivity index (χ1v) is 45.6. The van der Waals surface area contributed by atoms with E-state index in [2.05, 4.69) is 41.1 Å². The molecule has 3 heterocycles. The summed E-state index contributed by atoms with van der Waals surface area (Å²) in [7, 11) is -0.954. The number of halogens is 17. The number of ketones is 1. The summed E-state index contributed by atoms with van der Waals surface area (Å²) in [6.45, 7) is 18.8. The maximum Gasteiger partial charge on any atom is 1.00 e. The molecule has 1 unspecified atom stereocenters. The number of aryl methyl sites for hydroxylation is 8. The van der Waals surface area contributed by atoms with E-state index in [1.54, 1.807) is 71.9 Å². The second-order valence-electron chi connectivity index (χ2n) is 32.8. The van der Waals surface area contributed by atoms with Crippen LogP contribution in [0, 0.1) is 121 Å². The van der Waals surface area contributed by atoms with Crippen molar-refractivity contribution in [3.05, 3.63) is 366 Å². The zero-order chi connectivity index (χ0) is 94.6. The fourth-order valence-electron chi connectivity index (χ4n) is 14.8. The van der Waals surface area contributed by atoms with Crippen LogP contribution in [0.2, 0.25) is 0 Å². The number of carbonyl (C=O) groups excluding carboxylic acids is 1. The maximum atomic E-state index is 15.0. The molecule has 7 nitrogen and oxygen atoms in total. The molecule has 11 aromatic rings. The topological polar surface area (TPSA) is 86.3 Å². The zero-order valence-corrected chi connectivity index (χ0v) is 81.0. The Morgan fingerprint density at radius 1 is 0.373 bits per heavy atom. The first kappa shape index (κ1) is 118. The van der Waals surface area contributed by atoms with E-state index >= 15 is 0 Å². The van der Waals surface area contributed by atoms with Crippen LogP contribution in [0.3, 0.4) is 0 Å². The third-order valence-corrected chi connectivity index (χ3v) is 26.4. The normalized spacial score (nSPS) is 14.2. The molecule has 0 N–H and O–H groups in total. The van der Waals surface area contributed by atoms with Gasteiger partial charge in [0, 0.05) is 63.6 Å². The molecule has 26 heteroatoms. The van der Waals surface area contributed by atoms with Crippen molar-refractivity contribution in [3.63, 3.8) is 0 Å². The van der Waals surface area contributed by atoms with Crippen molar-refractivity contribution < 1.29 is 168 Å². The van der Waals surface area contributed by atoms with E-state index in [0.717, 1.165) is 67.7 Å². The van der Waals surface area contributed by atoms with Crippen molar-refractivity contribution in [3.8, 4) is 11.5 Å². The minimum absolute atomic E-state index is 0. The van der Waals surface area contributed by atoms with E-state index in [0.29, 0.717) is 78.9 Å². The minimum atomic E-state index is -2.24. The van der Waals surface area contributed by atoms with Gasteiger partial charge in [0.15, 0.2) is 92.9 Å². The average molecular weight is 1940 g/mol. The van der Waals surface area contributed by atoms with Gasteiger partial charge in [0.25, 0.3) is 0 Å². The van der Waals surface area contributed by atoms with Gasteiger partial charge in [0.05, 0.1) is 13.7 Å². The number of methoxy groups -OCH3 is 1. The molecular formula is C108H121ClF16KO7P.